The highest BCUT2D eigenvalue weighted by molar-refractivity contribution is 5.78. The fourth-order valence-corrected chi connectivity index (χ4v) is 2.47. The third kappa shape index (κ3) is 2.95. The lowest BCUT2D eigenvalue weighted by atomic mass is 10.1. The molecular formula is C16H18FN5O. The van der Waals surface area contributed by atoms with Crippen molar-refractivity contribution in [3.8, 4) is 17.1 Å². The molecule has 0 atom stereocenters. The molecule has 0 aliphatic carbocycles. The average Bonchev–Trinajstić information content (AvgIpc) is 2.95. The molecule has 23 heavy (non-hydrogen) atoms. The van der Waals surface area contributed by atoms with Crippen molar-refractivity contribution in [2.24, 2.45) is 0 Å². The molecule has 0 radical (unpaired) electrons. The lowest BCUT2D eigenvalue weighted by Crippen LogP contribution is -2.39. The number of rotatable bonds is 4. The average molecular weight is 315 g/mol. The molecule has 6 nitrogen and oxygen atoms in total. The quantitative estimate of drug-likeness (QED) is 0.935. The van der Waals surface area contributed by atoms with E-state index in [9.17, 15) is 4.39 Å². The summed E-state index contributed by atoms with van der Waals surface area (Å²) in [7, 11) is 3.39. The number of aryl methyl sites for hydroxylation is 1. The molecule has 2 heterocycles. The van der Waals surface area contributed by atoms with Crippen LogP contribution in [0.3, 0.4) is 0 Å². The molecule has 3 rings (SSSR count). The first-order valence-electron chi connectivity index (χ1n) is 7.15. The second-order valence-corrected chi connectivity index (χ2v) is 5.23. The number of benzene rings is 1. The summed E-state index contributed by atoms with van der Waals surface area (Å²) < 4.78 is 18.1. The molecule has 0 saturated heterocycles. The summed E-state index contributed by atoms with van der Waals surface area (Å²) in [5, 5.41) is 3.57. The lowest BCUT2D eigenvalue weighted by molar-refractivity contribution is 0.285. The third-order valence-corrected chi connectivity index (χ3v) is 3.58. The minimum Gasteiger partial charge on any atom is -0.481 e. The van der Waals surface area contributed by atoms with E-state index in [0.29, 0.717) is 11.6 Å². The lowest BCUT2D eigenvalue weighted by Gasteiger charge is -2.26. The minimum absolute atomic E-state index is 0.496. The predicted molar refractivity (Wildman–Crippen MR) is 86.2 cm³/mol. The Balaban J connectivity index is 2.10. The number of hydrazine groups is 2. The van der Waals surface area contributed by atoms with Crippen LogP contribution < -0.4 is 15.2 Å². The van der Waals surface area contributed by atoms with Crippen LogP contribution in [0.4, 0.5) is 10.1 Å². The van der Waals surface area contributed by atoms with Gasteiger partial charge in [-0.2, -0.15) is 0 Å². The van der Waals surface area contributed by atoms with Gasteiger partial charge in [0.05, 0.1) is 24.2 Å². The second-order valence-electron chi connectivity index (χ2n) is 5.23. The first kappa shape index (κ1) is 15.2. The van der Waals surface area contributed by atoms with Crippen molar-refractivity contribution in [3.05, 3.63) is 48.1 Å². The summed E-state index contributed by atoms with van der Waals surface area (Å²) in [5.41, 5.74) is 7.10. The SMILES string of the molecule is COc1cc(-c2cc(C)ccc2N2C=C(CF)NN2C)ncn1. The number of ether oxygens (including phenoxy) is 1. The molecule has 0 spiro atoms. The van der Waals surface area contributed by atoms with Gasteiger partial charge in [0.25, 0.3) is 0 Å². The van der Waals surface area contributed by atoms with Crippen LogP contribution >= 0.6 is 0 Å². The van der Waals surface area contributed by atoms with Crippen molar-refractivity contribution >= 4 is 5.69 Å². The van der Waals surface area contributed by atoms with Crippen LogP contribution in [-0.4, -0.2) is 35.9 Å². The molecule has 0 unspecified atom stereocenters. The van der Waals surface area contributed by atoms with Gasteiger partial charge in [-0.05, 0) is 19.1 Å². The number of nitrogens with one attached hydrogen (secondary N) is 1. The maximum atomic E-state index is 12.9. The van der Waals surface area contributed by atoms with Crippen molar-refractivity contribution in [3.63, 3.8) is 0 Å². The van der Waals surface area contributed by atoms with Gasteiger partial charge in [0.1, 0.15) is 13.0 Å². The fourth-order valence-electron chi connectivity index (χ4n) is 2.47. The van der Waals surface area contributed by atoms with E-state index in [-0.39, 0.29) is 0 Å². The van der Waals surface area contributed by atoms with E-state index in [2.05, 4.69) is 15.4 Å². The molecule has 1 aromatic heterocycles. The molecule has 0 amide bonds. The Morgan fingerprint density at radius 3 is 2.78 bits per heavy atom. The van der Waals surface area contributed by atoms with E-state index in [4.69, 9.17) is 4.74 Å². The molecule has 0 bridgehead atoms. The summed E-state index contributed by atoms with van der Waals surface area (Å²) in [4.78, 5) is 8.39. The maximum Gasteiger partial charge on any atom is 0.216 e. The number of halogens is 1. The predicted octanol–water partition coefficient (Wildman–Crippen LogP) is 2.44. The Morgan fingerprint density at radius 2 is 2.09 bits per heavy atom. The van der Waals surface area contributed by atoms with Crippen LogP contribution in [0, 0.1) is 6.92 Å². The van der Waals surface area contributed by atoms with Crippen molar-refractivity contribution in [1.29, 1.82) is 0 Å². The Hall–Kier alpha value is -2.67. The number of hydrogen-bond donors (Lipinski definition) is 1. The number of anilines is 1. The van der Waals surface area contributed by atoms with E-state index in [1.165, 1.54) is 6.33 Å². The number of hydrogen-bond acceptors (Lipinski definition) is 6. The normalized spacial score (nSPS) is 14.6. The largest absolute Gasteiger partial charge is 0.481 e. The van der Waals surface area contributed by atoms with Gasteiger partial charge in [-0.3, -0.25) is 5.01 Å². The smallest absolute Gasteiger partial charge is 0.216 e. The zero-order chi connectivity index (χ0) is 16.4. The van der Waals surface area contributed by atoms with E-state index < -0.39 is 6.67 Å². The zero-order valence-electron chi connectivity index (χ0n) is 13.2. The van der Waals surface area contributed by atoms with Crippen molar-refractivity contribution in [2.75, 3.05) is 25.8 Å². The standard InChI is InChI=1S/C16H18FN5O/c1-11-4-5-15(22-9-12(8-17)20-21(22)2)13(6-11)14-7-16(23-3)19-10-18-14/h4-7,9-10,20H,8H2,1-3H3. The Kier molecular flexibility index (Phi) is 4.12. The van der Waals surface area contributed by atoms with E-state index in [0.717, 1.165) is 22.5 Å². The first-order chi connectivity index (χ1) is 11.1. The molecule has 7 heteroatoms. The monoisotopic (exact) mass is 315 g/mol. The highest BCUT2D eigenvalue weighted by Gasteiger charge is 2.22. The highest BCUT2D eigenvalue weighted by Crippen LogP contribution is 2.33. The molecule has 1 N–H and O–H groups in total. The molecule has 0 saturated carbocycles. The van der Waals surface area contributed by atoms with Gasteiger partial charge in [-0.1, -0.05) is 11.6 Å². The van der Waals surface area contributed by atoms with Gasteiger partial charge in [0.2, 0.25) is 5.88 Å². The molecule has 1 aliphatic rings. The van der Waals surface area contributed by atoms with Gasteiger partial charge < -0.3 is 10.2 Å². The molecule has 1 aromatic carbocycles. The minimum atomic E-state index is -0.552. The molecular weight excluding hydrogens is 297 g/mol. The highest BCUT2D eigenvalue weighted by atomic mass is 19.1. The number of aromatic nitrogens is 2. The van der Waals surface area contributed by atoms with Crippen LogP contribution in [0.25, 0.3) is 11.3 Å². The number of methoxy groups -OCH3 is 1. The van der Waals surface area contributed by atoms with Gasteiger partial charge in [0.15, 0.2) is 0 Å². The fraction of sp³-hybridized carbons (Fsp3) is 0.250. The molecule has 120 valence electrons. The van der Waals surface area contributed by atoms with Crippen LogP contribution in [0.5, 0.6) is 5.88 Å². The van der Waals surface area contributed by atoms with E-state index in [1.54, 1.807) is 24.5 Å². The van der Waals surface area contributed by atoms with Gasteiger partial charge in [-0.25, -0.2) is 14.4 Å². The summed E-state index contributed by atoms with van der Waals surface area (Å²) in [6.45, 7) is 1.46. The van der Waals surface area contributed by atoms with Crippen molar-refractivity contribution in [1.82, 2.24) is 20.5 Å². The summed E-state index contributed by atoms with van der Waals surface area (Å²) in [5.74, 6) is 0.496. The zero-order valence-corrected chi connectivity index (χ0v) is 13.2. The number of alkyl halides is 1. The number of nitrogens with zero attached hydrogens (tertiary/aromatic N) is 4. The summed E-state index contributed by atoms with van der Waals surface area (Å²) in [6.07, 6.45) is 3.20. The Morgan fingerprint density at radius 1 is 1.26 bits per heavy atom. The molecule has 0 fully saturated rings. The molecule has 1 aliphatic heterocycles. The van der Waals surface area contributed by atoms with Gasteiger partial charge >= 0.3 is 0 Å². The third-order valence-electron chi connectivity index (χ3n) is 3.58. The summed E-state index contributed by atoms with van der Waals surface area (Å²) in [6, 6.07) is 7.80. The van der Waals surface area contributed by atoms with E-state index >= 15 is 0 Å². The van der Waals surface area contributed by atoms with Crippen LogP contribution in [0.1, 0.15) is 5.56 Å². The maximum absolute atomic E-state index is 12.9. The van der Waals surface area contributed by atoms with Crippen molar-refractivity contribution < 1.29 is 9.13 Å². The summed E-state index contributed by atoms with van der Waals surface area (Å²) >= 11 is 0. The van der Waals surface area contributed by atoms with Crippen LogP contribution in [-0.2, 0) is 0 Å². The van der Waals surface area contributed by atoms with Gasteiger partial charge in [-0.15, -0.1) is 5.12 Å². The Labute approximate surface area is 134 Å². The van der Waals surface area contributed by atoms with Gasteiger partial charge in [0, 0.05) is 24.9 Å². The van der Waals surface area contributed by atoms with E-state index in [1.807, 2.05) is 37.2 Å². The van der Waals surface area contributed by atoms with Crippen LogP contribution in [0.15, 0.2) is 42.5 Å². The number of allylic oxidation sites excluding steroid dienone is 1. The molecule has 2 aromatic rings. The topological polar surface area (TPSA) is 53.5 Å². The van der Waals surface area contributed by atoms with Crippen molar-refractivity contribution in [2.45, 2.75) is 6.92 Å². The Bertz CT molecular complexity index is 749. The second kappa shape index (κ2) is 6.21. The first-order valence-corrected chi connectivity index (χ1v) is 7.15. The van der Waals surface area contributed by atoms with Crippen LogP contribution in [0.2, 0.25) is 0 Å².